The Morgan fingerprint density at radius 2 is 2.00 bits per heavy atom. The maximum absolute atomic E-state index is 14.4. The van der Waals surface area contributed by atoms with E-state index < -0.39 is 26.9 Å². The molecule has 10 heteroatoms. The van der Waals surface area contributed by atoms with Gasteiger partial charge < -0.3 is 4.74 Å². The van der Waals surface area contributed by atoms with Crippen molar-refractivity contribution in [3.8, 4) is 11.4 Å². The van der Waals surface area contributed by atoms with Crippen LogP contribution in [-0.2, 0) is 9.84 Å². The summed E-state index contributed by atoms with van der Waals surface area (Å²) < 4.78 is 43.5. The minimum Gasteiger partial charge on any atom is -0.494 e. The fraction of sp³-hybridized carbons (Fsp3) is 0.167. The van der Waals surface area contributed by atoms with Crippen LogP contribution in [0.3, 0.4) is 0 Å². The highest BCUT2D eigenvalue weighted by molar-refractivity contribution is 9.10. The third-order valence-corrected chi connectivity index (χ3v) is 4.61. The average molecular weight is 393 g/mol. The lowest BCUT2D eigenvalue weighted by molar-refractivity contribution is 0.395. The Kier molecular flexibility index (Phi) is 4.25. The van der Waals surface area contributed by atoms with Gasteiger partial charge in [0.2, 0.25) is 0 Å². The molecule has 0 unspecified atom stereocenters. The van der Waals surface area contributed by atoms with Crippen LogP contribution in [0.4, 0.5) is 4.39 Å². The Hall–Kier alpha value is -1.94. The minimum atomic E-state index is -3.75. The summed E-state index contributed by atoms with van der Waals surface area (Å²) in [5.74, 6) is -1.11. The van der Waals surface area contributed by atoms with Crippen molar-refractivity contribution in [3.63, 3.8) is 0 Å². The van der Waals surface area contributed by atoms with Crippen LogP contribution in [0.25, 0.3) is 5.69 Å². The highest BCUT2D eigenvalue weighted by Crippen LogP contribution is 2.37. The second kappa shape index (κ2) is 5.69. The van der Waals surface area contributed by atoms with Crippen LogP contribution < -0.4 is 16.0 Å². The van der Waals surface area contributed by atoms with Crippen LogP contribution in [0.2, 0.25) is 0 Å². The summed E-state index contributed by atoms with van der Waals surface area (Å²) in [5, 5.41) is 0. The molecule has 0 atom stereocenters. The van der Waals surface area contributed by atoms with Gasteiger partial charge in [-0.3, -0.25) is 14.3 Å². The number of nitrogens with one attached hydrogen (secondary N) is 1. The van der Waals surface area contributed by atoms with Crippen LogP contribution in [-0.4, -0.2) is 31.3 Å². The first-order valence-corrected chi connectivity index (χ1v) is 8.43. The zero-order valence-corrected chi connectivity index (χ0v) is 13.8. The van der Waals surface area contributed by atoms with Crippen molar-refractivity contribution in [2.75, 3.05) is 13.4 Å². The quantitative estimate of drug-likeness (QED) is 0.780. The molecule has 0 radical (unpaired) electrons. The molecule has 0 amide bonds. The Bertz CT molecular complexity index is 964. The summed E-state index contributed by atoms with van der Waals surface area (Å²) in [6.45, 7) is 0. The molecule has 0 fully saturated rings. The number of benzene rings is 1. The first kappa shape index (κ1) is 16.4. The lowest BCUT2D eigenvalue weighted by Gasteiger charge is -2.14. The van der Waals surface area contributed by atoms with Crippen LogP contribution in [0.15, 0.2) is 37.3 Å². The van der Waals surface area contributed by atoms with Crippen LogP contribution >= 0.6 is 15.9 Å². The van der Waals surface area contributed by atoms with Crippen molar-refractivity contribution >= 4 is 25.8 Å². The molecule has 2 rings (SSSR count). The van der Waals surface area contributed by atoms with Gasteiger partial charge in [-0.2, -0.15) is 0 Å². The van der Waals surface area contributed by atoms with Gasteiger partial charge in [0.15, 0.2) is 21.4 Å². The molecule has 2 aromatic rings. The molecule has 1 aromatic carbocycles. The number of nitrogens with zero attached hydrogens (tertiary/aromatic N) is 1. The van der Waals surface area contributed by atoms with E-state index in [1.54, 1.807) is 0 Å². The normalized spacial score (nSPS) is 11.5. The molecule has 0 bridgehead atoms. The second-order valence-corrected chi connectivity index (χ2v) is 7.08. The number of hydrogen-bond donors (Lipinski definition) is 1. The average Bonchev–Trinajstić information content (AvgIpc) is 2.41. The maximum atomic E-state index is 14.4. The van der Waals surface area contributed by atoms with Crippen molar-refractivity contribution in [3.05, 3.63) is 49.5 Å². The van der Waals surface area contributed by atoms with E-state index in [0.717, 1.165) is 29.2 Å². The van der Waals surface area contributed by atoms with Gasteiger partial charge in [0.25, 0.3) is 5.56 Å². The zero-order valence-electron chi connectivity index (χ0n) is 11.4. The standard InChI is InChI=1S/C12H10BrFN2O5S/c1-21-11-7(22(2,19)20)5-6(10(14)9(11)13)16-4-3-8(17)15-12(16)18/h3-5H,1-2H3,(H,15,17,18). The van der Waals surface area contributed by atoms with Gasteiger partial charge >= 0.3 is 5.69 Å². The minimum absolute atomic E-state index is 0.207. The number of rotatable bonds is 3. The number of methoxy groups -OCH3 is 1. The zero-order chi connectivity index (χ0) is 16.7. The van der Waals surface area contributed by atoms with Gasteiger partial charge in [-0.15, -0.1) is 0 Å². The molecular formula is C12H10BrFN2O5S. The summed E-state index contributed by atoms with van der Waals surface area (Å²) >= 11 is 2.92. The number of ether oxygens (including phenoxy) is 1. The van der Waals surface area contributed by atoms with E-state index in [1.807, 2.05) is 4.98 Å². The maximum Gasteiger partial charge on any atom is 0.333 e. The molecule has 0 aliphatic carbocycles. The fourth-order valence-corrected chi connectivity index (χ4v) is 3.38. The Balaban J connectivity index is 2.92. The number of H-pyrrole nitrogens is 1. The predicted octanol–water partition coefficient (Wildman–Crippen LogP) is 0.840. The van der Waals surface area contributed by atoms with Crippen LogP contribution in [0.5, 0.6) is 5.75 Å². The Labute approximate surface area is 132 Å². The molecule has 1 heterocycles. The molecule has 1 N–H and O–H groups in total. The highest BCUT2D eigenvalue weighted by atomic mass is 79.9. The summed E-state index contributed by atoms with van der Waals surface area (Å²) in [6, 6.07) is 1.98. The largest absolute Gasteiger partial charge is 0.494 e. The summed E-state index contributed by atoms with van der Waals surface area (Å²) in [7, 11) is -2.55. The van der Waals surface area contributed by atoms with Gasteiger partial charge in [-0.1, -0.05) is 0 Å². The third kappa shape index (κ3) is 2.83. The predicted molar refractivity (Wildman–Crippen MR) is 80.0 cm³/mol. The third-order valence-electron chi connectivity index (χ3n) is 2.80. The summed E-state index contributed by atoms with van der Waals surface area (Å²) in [6.07, 6.45) is 1.97. The first-order valence-electron chi connectivity index (χ1n) is 5.75. The lowest BCUT2D eigenvalue weighted by atomic mass is 10.2. The van der Waals surface area contributed by atoms with E-state index in [-0.39, 0.29) is 20.8 Å². The molecule has 0 saturated heterocycles. The Morgan fingerprint density at radius 1 is 1.36 bits per heavy atom. The number of aromatic amines is 1. The van der Waals surface area contributed by atoms with E-state index >= 15 is 0 Å². The van der Waals surface area contributed by atoms with Crippen molar-refractivity contribution in [1.29, 1.82) is 0 Å². The van der Waals surface area contributed by atoms with Crippen molar-refractivity contribution < 1.29 is 17.5 Å². The molecule has 0 spiro atoms. The van der Waals surface area contributed by atoms with Gasteiger partial charge in [0.1, 0.15) is 4.90 Å². The van der Waals surface area contributed by atoms with Gasteiger partial charge in [-0.25, -0.2) is 17.6 Å². The molecule has 22 heavy (non-hydrogen) atoms. The molecule has 1 aromatic heterocycles. The van der Waals surface area contributed by atoms with E-state index in [2.05, 4.69) is 15.9 Å². The summed E-state index contributed by atoms with van der Waals surface area (Å²) in [4.78, 5) is 24.5. The van der Waals surface area contributed by atoms with Gasteiger partial charge in [-0.05, 0) is 22.0 Å². The van der Waals surface area contributed by atoms with E-state index in [9.17, 15) is 22.4 Å². The second-order valence-electron chi connectivity index (χ2n) is 4.31. The topological polar surface area (TPSA) is 98.2 Å². The monoisotopic (exact) mass is 392 g/mol. The van der Waals surface area contributed by atoms with E-state index in [1.165, 1.54) is 7.11 Å². The van der Waals surface area contributed by atoms with Crippen molar-refractivity contribution in [2.45, 2.75) is 4.90 Å². The lowest BCUT2D eigenvalue weighted by Crippen LogP contribution is -2.28. The van der Waals surface area contributed by atoms with Crippen LogP contribution in [0, 0.1) is 5.82 Å². The first-order chi connectivity index (χ1) is 10.2. The van der Waals surface area contributed by atoms with E-state index in [0.29, 0.717) is 0 Å². The van der Waals surface area contributed by atoms with Gasteiger partial charge in [0.05, 0.1) is 17.3 Å². The van der Waals surface area contributed by atoms with Crippen LogP contribution in [0.1, 0.15) is 0 Å². The number of sulfone groups is 1. The molecule has 0 aliphatic heterocycles. The van der Waals surface area contributed by atoms with Gasteiger partial charge in [0, 0.05) is 18.5 Å². The number of halogens is 2. The van der Waals surface area contributed by atoms with Crippen molar-refractivity contribution in [1.82, 2.24) is 9.55 Å². The highest BCUT2D eigenvalue weighted by Gasteiger charge is 2.24. The Morgan fingerprint density at radius 3 is 2.50 bits per heavy atom. The van der Waals surface area contributed by atoms with E-state index in [4.69, 9.17) is 4.74 Å². The smallest absolute Gasteiger partial charge is 0.333 e. The molecule has 0 saturated carbocycles. The molecule has 7 nitrogen and oxygen atoms in total. The molecule has 0 aliphatic rings. The SMILES string of the molecule is COc1c(S(C)(=O)=O)cc(-n2ccc(=O)[nH]c2=O)c(F)c1Br. The molecular weight excluding hydrogens is 383 g/mol. The summed E-state index contributed by atoms with van der Waals surface area (Å²) in [5.41, 5.74) is -1.89. The van der Waals surface area contributed by atoms with Crippen molar-refractivity contribution in [2.24, 2.45) is 0 Å². The number of aromatic nitrogens is 2. The number of hydrogen-bond acceptors (Lipinski definition) is 5. The fourth-order valence-electron chi connectivity index (χ4n) is 1.82. The molecule has 118 valence electrons.